The van der Waals surface area contributed by atoms with Crippen molar-refractivity contribution in [3.8, 4) is 50.7 Å². The van der Waals surface area contributed by atoms with Crippen LogP contribution in [0.25, 0.3) is 110 Å². The van der Waals surface area contributed by atoms with Crippen LogP contribution in [0.4, 0.5) is 0 Å². The van der Waals surface area contributed by atoms with Gasteiger partial charge in [0.1, 0.15) is 0 Å². The fraction of sp³-hybridized carbons (Fsp3) is 0.0159. The van der Waals surface area contributed by atoms with Crippen LogP contribution in [0.2, 0.25) is 0 Å². The quantitative estimate of drug-likeness (QED) is 0.101. The van der Waals surface area contributed by atoms with E-state index in [0.717, 1.165) is 61.3 Å². The molecule has 0 fully saturated rings. The number of hydrogen-bond acceptors (Lipinski definition) is 5. The molecular formula is C63H43N5S. The first kappa shape index (κ1) is 41.6. The highest BCUT2D eigenvalue weighted by Crippen LogP contribution is 2.44. The van der Waals surface area contributed by atoms with E-state index in [2.05, 4.69) is 176 Å². The summed E-state index contributed by atoms with van der Waals surface area (Å²) in [6, 6.07) is 78.6. The van der Waals surface area contributed by atoms with Gasteiger partial charge in [-0.1, -0.05) is 188 Å². The monoisotopic (exact) mass is 901 g/mol. The summed E-state index contributed by atoms with van der Waals surface area (Å²) in [7, 11) is 0. The molecule has 6 heteroatoms. The molecule has 3 heterocycles. The molecule has 5 nitrogen and oxygen atoms in total. The molecule has 3 aromatic heterocycles. The van der Waals surface area contributed by atoms with Crippen molar-refractivity contribution in [3.63, 3.8) is 0 Å². The maximum absolute atomic E-state index is 5.31. The number of nitrogens with zero attached hydrogens (tertiary/aromatic N) is 5. The second-order valence-corrected chi connectivity index (χ2v) is 18.2. The van der Waals surface area contributed by atoms with Crippen molar-refractivity contribution in [2.45, 2.75) is 6.92 Å². The minimum absolute atomic E-state index is 0.535. The third-order valence-corrected chi connectivity index (χ3v) is 14.1. The maximum atomic E-state index is 5.31. The number of thiophene rings is 1. The largest absolute Gasteiger partial charge is 0.309 e. The number of fused-ring (bicyclic) bond motifs is 6. The molecule has 12 rings (SSSR count). The van der Waals surface area contributed by atoms with E-state index in [1.807, 2.05) is 84.1 Å². The van der Waals surface area contributed by atoms with Gasteiger partial charge in [-0.3, -0.25) is 4.99 Å². The Bertz CT molecular complexity index is 3830. The normalized spacial score (nSPS) is 12.2. The molecule has 0 unspecified atom stereocenters. The zero-order valence-electron chi connectivity index (χ0n) is 37.8. The molecule has 0 aliphatic carbocycles. The van der Waals surface area contributed by atoms with E-state index in [0.29, 0.717) is 23.2 Å². The van der Waals surface area contributed by atoms with Crippen LogP contribution in [0.3, 0.4) is 0 Å². The van der Waals surface area contributed by atoms with Gasteiger partial charge in [0.25, 0.3) is 0 Å². The van der Waals surface area contributed by atoms with E-state index in [9.17, 15) is 0 Å². The molecular weight excluding hydrogens is 859 g/mol. The van der Waals surface area contributed by atoms with E-state index in [-0.39, 0.29) is 0 Å². The van der Waals surface area contributed by atoms with Crippen LogP contribution < -0.4 is 0 Å². The number of aromatic nitrogens is 4. The Hall–Kier alpha value is -8.84. The second-order valence-electron chi connectivity index (χ2n) is 17.1. The minimum atomic E-state index is 0.535. The van der Waals surface area contributed by atoms with Gasteiger partial charge in [-0.15, -0.1) is 11.3 Å². The van der Waals surface area contributed by atoms with Gasteiger partial charge in [0.15, 0.2) is 17.5 Å². The summed E-state index contributed by atoms with van der Waals surface area (Å²) < 4.78 is 4.82. The first-order valence-electron chi connectivity index (χ1n) is 23.1. The molecule has 0 bridgehead atoms. The van der Waals surface area contributed by atoms with Crippen LogP contribution >= 0.6 is 11.3 Å². The van der Waals surface area contributed by atoms with Crippen LogP contribution in [0, 0.1) is 0 Å². The second kappa shape index (κ2) is 17.8. The zero-order valence-corrected chi connectivity index (χ0v) is 38.6. The van der Waals surface area contributed by atoms with E-state index in [1.54, 1.807) is 0 Å². The van der Waals surface area contributed by atoms with Gasteiger partial charge in [-0.05, 0) is 89.5 Å². The molecule has 0 atom stereocenters. The summed E-state index contributed by atoms with van der Waals surface area (Å²) in [6.45, 7) is 6.42. The first-order valence-corrected chi connectivity index (χ1v) is 23.9. The molecule has 0 spiro atoms. The van der Waals surface area contributed by atoms with Crippen LogP contribution in [-0.2, 0) is 0 Å². The van der Waals surface area contributed by atoms with Crippen LogP contribution in [0.15, 0.2) is 236 Å². The molecule has 0 saturated carbocycles. The van der Waals surface area contributed by atoms with Gasteiger partial charge < -0.3 is 4.57 Å². The molecule has 0 aliphatic heterocycles. The van der Waals surface area contributed by atoms with Crippen LogP contribution in [0.1, 0.15) is 23.9 Å². The number of aliphatic imine (C=N–C) groups is 1. The van der Waals surface area contributed by atoms with E-state index in [4.69, 9.17) is 19.9 Å². The highest BCUT2D eigenvalue weighted by Gasteiger charge is 2.22. The fourth-order valence-electron chi connectivity index (χ4n) is 9.63. The SMILES string of the molecule is C=N/C(=C\C(=C(/C)c1ccc2c(c1)sc1cc3c(cc12)c1ccccc1n3-c1ccccc1)c1nc(-c2ccccc2)nc(-c2ccccc2)n1)c1c(-c2ccccc2)cccc1-c1ccccc1. The fourth-order valence-corrected chi connectivity index (χ4v) is 10.8. The summed E-state index contributed by atoms with van der Waals surface area (Å²) in [5.74, 6) is 1.70. The summed E-state index contributed by atoms with van der Waals surface area (Å²) in [5, 5.41) is 4.94. The molecule has 326 valence electrons. The number of benzene rings is 9. The summed E-state index contributed by atoms with van der Waals surface area (Å²) in [4.78, 5) is 20.6. The van der Waals surface area contributed by atoms with Crippen molar-refractivity contribution in [2.75, 3.05) is 0 Å². The van der Waals surface area contributed by atoms with Gasteiger partial charge in [0, 0.05) is 58.9 Å². The lowest BCUT2D eigenvalue weighted by Crippen LogP contribution is -2.04. The smallest absolute Gasteiger partial charge is 0.164 e. The highest BCUT2D eigenvalue weighted by molar-refractivity contribution is 7.25. The summed E-state index contributed by atoms with van der Waals surface area (Å²) in [5.41, 5.74) is 14.1. The summed E-state index contributed by atoms with van der Waals surface area (Å²) >= 11 is 1.82. The Kier molecular flexibility index (Phi) is 10.7. The molecule has 69 heavy (non-hydrogen) atoms. The molecule has 0 N–H and O–H groups in total. The number of hydrogen-bond donors (Lipinski definition) is 0. The van der Waals surface area contributed by atoms with Crippen molar-refractivity contribution >= 4 is 76.9 Å². The molecule has 0 amide bonds. The van der Waals surface area contributed by atoms with Crippen LogP contribution in [0.5, 0.6) is 0 Å². The van der Waals surface area contributed by atoms with Crippen molar-refractivity contribution < 1.29 is 0 Å². The van der Waals surface area contributed by atoms with Gasteiger partial charge in [0.05, 0.1) is 16.7 Å². The van der Waals surface area contributed by atoms with Crippen molar-refractivity contribution in [1.29, 1.82) is 0 Å². The predicted molar refractivity (Wildman–Crippen MR) is 292 cm³/mol. The highest BCUT2D eigenvalue weighted by atomic mass is 32.1. The average molecular weight is 902 g/mol. The lowest BCUT2D eigenvalue weighted by atomic mass is 9.88. The number of allylic oxidation sites excluding steroid dienone is 3. The lowest BCUT2D eigenvalue weighted by Gasteiger charge is -2.18. The summed E-state index contributed by atoms with van der Waals surface area (Å²) in [6.07, 6.45) is 2.13. The molecule has 9 aromatic carbocycles. The molecule has 0 radical (unpaired) electrons. The molecule has 0 aliphatic rings. The van der Waals surface area contributed by atoms with Crippen molar-refractivity contribution in [2.24, 2.45) is 4.99 Å². The Morgan fingerprint density at radius 1 is 0.478 bits per heavy atom. The number of para-hydroxylation sites is 2. The van der Waals surface area contributed by atoms with Crippen molar-refractivity contribution in [1.82, 2.24) is 19.5 Å². The van der Waals surface area contributed by atoms with Gasteiger partial charge in [-0.2, -0.15) is 0 Å². The van der Waals surface area contributed by atoms with E-state index >= 15 is 0 Å². The van der Waals surface area contributed by atoms with Gasteiger partial charge in [0.2, 0.25) is 0 Å². The van der Waals surface area contributed by atoms with Crippen molar-refractivity contribution in [3.05, 3.63) is 247 Å². The minimum Gasteiger partial charge on any atom is -0.309 e. The zero-order chi connectivity index (χ0) is 46.3. The Labute approximate surface area is 404 Å². The predicted octanol–water partition coefficient (Wildman–Crippen LogP) is 16.7. The van der Waals surface area contributed by atoms with Crippen LogP contribution in [-0.4, -0.2) is 26.2 Å². The molecule has 12 aromatic rings. The third-order valence-electron chi connectivity index (χ3n) is 13.0. The average Bonchev–Trinajstić information content (AvgIpc) is 3.95. The topological polar surface area (TPSA) is 56.0 Å². The third kappa shape index (κ3) is 7.63. The first-order chi connectivity index (χ1) is 34.1. The lowest BCUT2D eigenvalue weighted by molar-refractivity contribution is 1.04. The molecule has 0 saturated heterocycles. The Balaban J connectivity index is 1.11. The standard InChI is InChI=1S/C63H43N5S/c1-41(46-35-36-51-54-38-53-50-31-18-19-34-56(50)68(47-29-16-7-17-30-47)57(53)40-59(54)69-58(51)37-46)52(63-66-61(44-25-12-5-13-26-44)65-62(67-63)45-27-14-6-15-28-45)39-55(64-2)60-48(42-21-8-3-9-22-42)32-20-33-49(60)43-23-10-4-11-24-43/h3-40H,2H2,1H3/b52-41-,55-39-. The maximum Gasteiger partial charge on any atom is 0.164 e. The van der Waals surface area contributed by atoms with Gasteiger partial charge in [-0.25, -0.2) is 15.0 Å². The Morgan fingerprint density at radius 3 is 1.61 bits per heavy atom. The number of rotatable bonds is 10. The van der Waals surface area contributed by atoms with Gasteiger partial charge >= 0.3 is 0 Å². The van der Waals surface area contributed by atoms with E-state index in [1.165, 1.54) is 42.0 Å². The Morgan fingerprint density at radius 2 is 1.01 bits per heavy atom. The van der Waals surface area contributed by atoms with E-state index < -0.39 is 0 Å².